The Morgan fingerprint density at radius 2 is 1.75 bits per heavy atom. The molecule has 2 aromatic carbocycles. The molecular formula is C18H17NO. The van der Waals surface area contributed by atoms with Gasteiger partial charge in [0.1, 0.15) is 6.61 Å². The molecule has 0 bridgehead atoms. The van der Waals surface area contributed by atoms with Gasteiger partial charge in [0.15, 0.2) is 0 Å². The molecule has 3 rings (SSSR count). The number of fused-ring (bicyclic) bond motifs is 1. The summed E-state index contributed by atoms with van der Waals surface area (Å²) < 4.78 is 0. The summed E-state index contributed by atoms with van der Waals surface area (Å²) in [6.07, 6.45) is 0. The first kappa shape index (κ1) is 12.9. The molecule has 100 valence electrons. The van der Waals surface area contributed by atoms with Crippen LogP contribution in [-0.2, 0) is 19.6 Å². The highest BCUT2D eigenvalue weighted by molar-refractivity contribution is 5.37. The smallest absolute Gasteiger partial charge is 0.104 e. The van der Waals surface area contributed by atoms with Gasteiger partial charge >= 0.3 is 0 Å². The van der Waals surface area contributed by atoms with Crippen LogP contribution >= 0.6 is 0 Å². The molecule has 2 aromatic rings. The van der Waals surface area contributed by atoms with E-state index in [1.165, 1.54) is 16.7 Å². The molecule has 2 heteroatoms. The SMILES string of the molecule is OCC#Cc1cccc(CN2Cc3ccccc3C2)c1. The Hall–Kier alpha value is -2.08. The van der Waals surface area contributed by atoms with Gasteiger partial charge in [0.2, 0.25) is 0 Å². The van der Waals surface area contributed by atoms with E-state index in [1.807, 2.05) is 12.1 Å². The fraction of sp³-hybridized carbons (Fsp3) is 0.222. The zero-order valence-corrected chi connectivity index (χ0v) is 11.3. The monoisotopic (exact) mass is 263 g/mol. The molecule has 0 aromatic heterocycles. The Morgan fingerprint density at radius 1 is 1.00 bits per heavy atom. The molecule has 0 radical (unpaired) electrons. The normalized spacial score (nSPS) is 13.7. The first-order valence-electron chi connectivity index (χ1n) is 6.83. The van der Waals surface area contributed by atoms with Crippen molar-refractivity contribution < 1.29 is 5.11 Å². The third-order valence-corrected chi connectivity index (χ3v) is 3.55. The quantitative estimate of drug-likeness (QED) is 0.842. The number of hydrogen-bond acceptors (Lipinski definition) is 2. The maximum absolute atomic E-state index is 8.74. The summed E-state index contributed by atoms with van der Waals surface area (Å²) in [6.45, 7) is 2.88. The highest BCUT2D eigenvalue weighted by Gasteiger charge is 2.17. The van der Waals surface area contributed by atoms with Gasteiger partial charge in [-0.1, -0.05) is 48.2 Å². The summed E-state index contributed by atoms with van der Waals surface area (Å²) in [5.41, 5.74) is 5.10. The molecule has 0 unspecified atom stereocenters. The van der Waals surface area contributed by atoms with Crippen LogP contribution in [0.15, 0.2) is 48.5 Å². The lowest BCUT2D eigenvalue weighted by molar-refractivity contribution is 0.275. The van der Waals surface area contributed by atoms with E-state index in [4.69, 9.17) is 5.11 Å². The van der Waals surface area contributed by atoms with Crippen molar-refractivity contribution in [3.8, 4) is 11.8 Å². The highest BCUT2D eigenvalue weighted by Crippen LogP contribution is 2.23. The summed E-state index contributed by atoms with van der Waals surface area (Å²) in [6, 6.07) is 16.9. The number of aliphatic hydroxyl groups excluding tert-OH is 1. The largest absolute Gasteiger partial charge is 0.384 e. The average molecular weight is 263 g/mol. The minimum absolute atomic E-state index is 0.0916. The zero-order valence-electron chi connectivity index (χ0n) is 11.3. The maximum atomic E-state index is 8.74. The van der Waals surface area contributed by atoms with Crippen LogP contribution in [0.1, 0.15) is 22.3 Å². The molecule has 1 N–H and O–H groups in total. The van der Waals surface area contributed by atoms with Gasteiger partial charge in [0.05, 0.1) is 0 Å². The Bertz CT molecular complexity index is 641. The summed E-state index contributed by atoms with van der Waals surface area (Å²) in [4.78, 5) is 2.43. The first-order valence-corrected chi connectivity index (χ1v) is 6.83. The van der Waals surface area contributed by atoms with E-state index in [1.54, 1.807) is 0 Å². The van der Waals surface area contributed by atoms with Crippen LogP contribution in [0, 0.1) is 11.8 Å². The van der Waals surface area contributed by atoms with Crippen LogP contribution in [0.2, 0.25) is 0 Å². The maximum Gasteiger partial charge on any atom is 0.104 e. The second-order valence-corrected chi connectivity index (χ2v) is 5.07. The molecule has 1 aliphatic rings. The van der Waals surface area contributed by atoms with Crippen LogP contribution in [0.5, 0.6) is 0 Å². The van der Waals surface area contributed by atoms with E-state index < -0.39 is 0 Å². The highest BCUT2D eigenvalue weighted by atomic mass is 16.2. The summed E-state index contributed by atoms with van der Waals surface area (Å²) >= 11 is 0. The lowest BCUT2D eigenvalue weighted by Crippen LogP contribution is -2.15. The molecule has 0 atom stereocenters. The molecule has 1 heterocycles. The van der Waals surface area contributed by atoms with Gasteiger partial charge < -0.3 is 5.11 Å². The van der Waals surface area contributed by atoms with Gasteiger partial charge in [0, 0.05) is 25.2 Å². The van der Waals surface area contributed by atoms with Gasteiger partial charge in [-0.2, -0.15) is 0 Å². The topological polar surface area (TPSA) is 23.5 Å². The van der Waals surface area contributed by atoms with Gasteiger partial charge in [-0.3, -0.25) is 4.90 Å². The van der Waals surface area contributed by atoms with Gasteiger partial charge in [-0.25, -0.2) is 0 Å². The second-order valence-electron chi connectivity index (χ2n) is 5.07. The fourth-order valence-electron chi connectivity index (χ4n) is 2.66. The van der Waals surface area contributed by atoms with Crippen molar-refractivity contribution in [1.29, 1.82) is 0 Å². The van der Waals surface area contributed by atoms with Crippen LogP contribution in [0.3, 0.4) is 0 Å². The van der Waals surface area contributed by atoms with Gasteiger partial charge in [-0.15, -0.1) is 0 Å². The minimum atomic E-state index is -0.0916. The van der Waals surface area contributed by atoms with Crippen molar-refractivity contribution in [2.24, 2.45) is 0 Å². The molecule has 2 nitrogen and oxygen atoms in total. The predicted molar refractivity (Wildman–Crippen MR) is 79.8 cm³/mol. The predicted octanol–water partition coefficient (Wildman–Crippen LogP) is 2.55. The van der Waals surface area contributed by atoms with Crippen molar-refractivity contribution in [3.05, 3.63) is 70.8 Å². The average Bonchev–Trinajstić information content (AvgIpc) is 2.87. The number of nitrogens with zero attached hydrogens (tertiary/aromatic N) is 1. The number of benzene rings is 2. The Balaban J connectivity index is 1.71. The first-order chi connectivity index (χ1) is 9.85. The van der Waals surface area contributed by atoms with E-state index in [9.17, 15) is 0 Å². The molecule has 0 saturated carbocycles. The van der Waals surface area contributed by atoms with Crippen molar-refractivity contribution in [2.75, 3.05) is 6.61 Å². The van der Waals surface area contributed by atoms with Crippen molar-refractivity contribution >= 4 is 0 Å². The van der Waals surface area contributed by atoms with Gasteiger partial charge in [-0.05, 0) is 28.8 Å². The van der Waals surface area contributed by atoms with E-state index in [-0.39, 0.29) is 6.61 Å². The summed E-state index contributed by atoms with van der Waals surface area (Å²) in [5, 5.41) is 8.74. The summed E-state index contributed by atoms with van der Waals surface area (Å²) in [7, 11) is 0. The molecule has 0 fully saturated rings. The second kappa shape index (κ2) is 5.92. The van der Waals surface area contributed by atoms with Crippen LogP contribution < -0.4 is 0 Å². The molecule has 0 spiro atoms. The third kappa shape index (κ3) is 2.91. The van der Waals surface area contributed by atoms with Crippen molar-refractivity contribution in [2.45, 2.75) is 19.6 Å². The third-order valence-electron chi connectivity index (χ3n) is 3.55. The number of rotatable bonds is 2. The van der Waals surface area contributed by atoms with Crippen LogP contribution in [-0.4, -0.2) is 16.6 Å². The summed E-state index contributed by atoms with van der Waals surface area (Å²) in [5.74, 6) is 5.65. The number of aliphatic hydroxyl groups is 1. The molecule has 0 amide bonds. The lowest BCUT2D eigenvalue weighted by Gasteiger charge is -2.14. The molecule has 1 aliphatic heterocycles. The van der Waals surface area contributed by atoms with E-state index in [0.29, 0.717) is 0 Å². The van der Waals surface area contributed by atoms with Crippen LogP contribution in [0.4, 0.5) is 0 Å². The van der Waals surface area contributed by atoms with E-state index in [2.05, 4.69) is 53.1 Å². The number of hydrogen-bond donors (Lipinski definition) is 1. The minimum Gasteiger partial charge on any atom is -0.384 e. The van der Waals surface area contributed by atoms with Gasteiger partial charge in [0.25, 0.3) is 0 Å². The Kier molecular flexibility index (Phi) is 3.83. The zero-order chi connectivity index (χ0) is 13.8. The van der Waals surface area contributed by atoms with Crippen molar-refractivity contribution in [3.63, 3.8) is 0 Å². The fourth-order valence-corrected chi connectivity index (χ4v) is 2.66. The Labute approximate surface area is 119 Å². The molecule has 0 saturated heterocycles. The van der Waals surface area contributed by atoms with E-state index >= 15 is 0 Å². The van der Waals surface area contributed by atoms with E-state index in [0.717, 1.165) is 25.2 Å². The lowest BCUT2D eigenvalue weighted by atomic mass is 10.1. The van der Waals surface area contributed by atoms with Crippen LogP contribution in [0.25, 0.3) is 0 Å². The molecule has 0 aliphatic carbocycles. The Morgan fingerprint density at radius 3 is 2.45 bits per heavy atom. The standard InChI is InChI=1S/C18H17NO/c20-10-4-7-15-5-3-6-16(11-15)12-19-13-17-8-1-2-9-18(17)14-19/h1-3,5-6,8-9,11,20H,10,12-14H2. The molecular weight excluding hydrogens is 246 g/mol. The molecule has 20 heavy (non-hydrogen) atoms. The van der Waals surface area contributed by atoms with Crippen molar-refractivity contribution in [1.82, 2.24) is 4.90 Å².